The monoisotopic (exact) mass is 269 g/mol. The highest BCUT2D eigenvalue weighted by Gasteiger charge is 2.12. The lowest BCUT2D eigenvalue weighted by molar-refractivity contribution is 0.686. The largest absolute Gasteiger partial charge is 0.236 e. The highest BCUT2D eigenvalue weighted by atomic mass is 35.5. The van der Waals surface area contributed by atoms with Crippen molar-refractivity contribution in [2.45, 2.75) is 25.7 Å². The van der Waals surface area contributed by atoms with Crippen molar-refractivity contribution in [1.82, 2.24) is 0 Å². The van der Waals surface area contributed by atoms with E-state index in [1.54, 1.807) is 0 Å². The van der Waals surface area contributed by atoms with Gasteiger partial charge in [0.05, 0.1) is 5.69 Å². The number of aliphatic imine (C=N–C) groups is 1. The van der Waals surface area contributed by atoms with Crippen LogP contribution in [0.2, 0.25) is 0 Å². The van der Waals surface area contributed by atoms with E-state index in [0.717, 1.165) is 17.7 Å². The molecule has 19 heavy (non-hydrogen) atoms. The molecule has 96 valence electrons. The van der Waals surface area contributed by atoms with Gasteiger partial charge in [-0.15, -0.1) is 0 Å². The molecule has 0 saturated heterocycles. The van der Waals surface area contributed by atoms with Gasteiger partial charge in [0, 0.05) is 5.56 Å². The van der Waals surface area contributed by atoms with Gasteiger partial charge < -0.3 is 0 Å². The zero-order chi connectivity index (χ0) is 13.1. The van der Waals surface area contributed by atoms with Gasteiger partial charge in [-0.05, 0) is 42.9 Å². The Kier molecular flexibility index (Phi) is 3.65. The molecule has 1 aliphatic carbocycles. The smallest absolute Gasteiger partial charge is 0.136 e. The van der Waals surface area contributed by atoms with Crippen LogP contribution >= 0.6 is 11.6 Å². The van der Waals surface area contributed by atoms with Crippen LogP contribution in [-0.4, -0.2) is 5.17 Å². The van der Waals surface area contributed by atoms with Crippen LogP contribution in [0, 0.1) is 0 Å². The Bertz CT molecular complexity index is 602. The fourth-order valence-corrected chi connectivity index (χ4v) is 2.83. The fourth-order valence-electron chi connectivity index (χ4n) is 2.61. The summed E-state index contributed by atoms with van der Waals surface area (Å²) in [5.74, 6) is 0. The molecule has 0 unspecified atom stereocenters. The molecule has 1 nitrogen and oxygen atoms in total. The first-order valence-corrected chi connectivity index (χ1v) is 7.13. The van der Waals surface area contributed by atoms with Gasteiger partial charge in [0.15, 0.2) is 0 Å². The van der Waals surface area contributed by atoms with Crippen molar-refractivity contribution in [1.29, 1.82) is 0 Å². The summed E-state index contributed by atoms with van der Waals surface area (Å²) in [6.45, 7) is 0. The van der Waals surface area contributed by atoms with Crippen LogP contribution in [0.3, 0.4) is 0 Å². The molecule has 0 N–H and O–H groups in total. The first-order valence-electron chi connectivity index (χ1n) is 6.75. The highest BCUT2D eigenvalue weighted by molar-refractivity contribution is 6.69. The Morgan fingerprint density at radius 1 is 0.895 bits per heavy atom. The van der Waals surface area contributed by atoms with Gasteiger partial charge in [-0.1, -0.05) is 54.1 Å². The average Bonchev–Trinajstić information content (AvgIpc) is 2.48. The number of hydrogen-bond donors (Lipinski definition) is 0. The predicted molar refractivity (Wildman–Crippen MR) is 81.6 cm³/mol. The summed E-state index contributed by atoms with van der Waals surface area (Å²) in [4.78, 5) is 4.62. The van der Waals surface area contributed by atoms with E-state index >= 15 is 0 Å². The molecule has 1 aliphatic rings. The van der Waals surface area contributed by atoms with Crippen molar-refractivity contribution in [3.8, 4) is 0 Å². The van der Waals surface area contributed by atoms with Gasteiger partial charge in [0.2, 0.25) is 0 Å². The van der Waals surface area contributed by atoms with Crippen molar-refractivity contribution >= 4 is 22.5 Å². The van der Waals surface area contributed by atoms with Crippen LogP contribution in [0.5, 0.6) is 0 Å². The Labute approximate surface area is 119 Å². The lowest BCUT2D eigenvalue weighted by atomic mass is 9.90. The van der Waals surface area contributed by atoms with Gasteiger partial charge in [0.25, 0.3) is 0 Å². The van der Waals surface area contributed by atoms with Crippen molar-refractivity contribution in [2.75, 3.05) is 0 Å². The molecule has 2 heteroatoms. The highest BCUT2D eigenvalue weighted by Crippen LogP contribution is 2.30. The topological polar surface area (TPSA) is 12.4 Å². The summed E-state index contributed by atoms with van der Waals surface area (Å²) in [7, 11) is 0. The number of nitrogens with zero attached hydrogens (tertiary/aromatic N) is 1. The summed E-state index contributed by atoms with van der Waals surface area (Å²) < 4.78 is 0. The second kappa shape index (κ2) is 5.58. The summed E-state index contributed by atoms with van der Waals surface area (Å²) in [5.41, 5.74) is 4.82. The Morgan fingerprint density at radius 3 is 2.53 bits per heavy atom. The third-order valence-corrected chi connectivity index (χ3v) is 3.90. The molecule has 0 spiro atoms. The van der Waals surface area contributed by atoms with Crippen LogP contribution in [0.25, 0.3) is 0 Å². The van der Waals surface area contributed by atoms with Gasteiger partial charge in [-0.2, -0.15) is 0 Å². The number of rotatable bonds is 2. The summed E-state index contributed by atoms with van der Waals surface area (Å²) in [6.07, 6.45) is 4.82. The second-order valence-corrected chi connectivity index (χ2v) is 5.25. The number of fused-ring (bicyclic) bond motifs is 1. The molecular formula is C17H16ClN. The number of hydrogen-bond acceptors (Lipinski definition) is 1. The molecule has 0 saturated carbocycles. The molecule has 0 heterocycles. The van der Waals surface area contributed by atoms with E-state index in [1.807, 2.05) is 30.3 Å². The van der Waals surface area contributed by atoms with Crippen molar-refractivity contribution in [3.05, 3.63) is 65.2 Å². The second-order valence-electron chi connectivity index (χ2n) is 4.89. The average molecular weight is 270 g/mol. The third kappa shape index (κ3) is 2.71. The minimum atomic E-state index is 0.569. The van der Waals surface area contributed by atoms with Crippen LogP contribution in [-0.2, 0) is 12.8 Å². The van der Waals surface area contributed by atoms with E-state index in [-0.39, 0.29) is 0 Å². The molecular weight excluding hydrogens is 254 g/mol. The molecule has 0 fully saturated rings. The minimum Gasteiger partial charge on any atom is -0.236 e. The molecule has 0 atom stereocenters. The first kappa shape index (κ1) is 12.4. The Morgan fingerprint density at radius 2 is 1.68 bits per heavy atom. The lowest BCUT2D eigenvalue weighted by Crippen LogP contribution is -2.02. The molecule has 0 radical (unpaired) electrons. The SMILES string of the molecule is ClC(=Nc1cccc2c1CCCC2)c1ccccc1. The van der Waals surface area contributed by atoms with Crippen LogP contribution in [0.15, 0.2) is 53.5 Å². The van der Waals surface area contributed by atoms with Crippen molar-refractivity contribution in [2.24, 2.45) is 4.99 Å². The minimum absolute atomic E-state index is 0.569. The normalized spacial score (nSPS) is 15.1. The number of aryl methyl sites for hydroxylation is 1. The van der Waals surface area contributed by atoms with E-state index < -0.39 is 0 Å². The van der Waals surface area contributed by atoms with Gasteiger partial charge in [-0.25, -0.2) is 4.99 Å². The van der Waals surface area contributed by atoms with Crippen LogP contribution in [0.4, 0.5) is 5.69 Å². The quantitative estimate of drug-likeness (QED) is 0.689. The maximum absolute atomic E-state index is 6.33. The molecule has 0 aromatic heterocycles. The summed E-state index contributed by atoms with van der Waals surface area (Å²) in [6, 6.07) is 16.3. The van der Waals surface area contributed by atoms with Crippen molar-refractivity contribution < 1.29 is 0 Å². The predicted octanol–water partition coefficient (Wildman–Crippen LogP) is 4.88. The maximum Gasteiger partial charge on any atom is 0.136 e. The standard InChI is InChI=1S/C17H16ClN/c18-17(14-8-2-1-3-9-14)19-16-12-6-10-13-7-4-5-11-15(13)16/h1-3,6,8-10,12H,4-5,7,11H2. The molecule has 3 rings (SSSR count). The van der Waals surface area contributed by atoms with E-state index in [2.05, 4.69) is 23.2 Å². The van der Waals surface area contributed by atoms with Crippen LogP contribution < -0.4 is 0 Å². The van der Waals surface area contributed by atoms with E-state index in [1.165, 1.54) is 30.4 Å². The van der Waals surface area contributed by atoms with Gasteiger partial charge in [-0.3, -0.25) is 0 Å². The van der Waals surface area contributed by atoms with Gasteiger partial charge in [0.1, 0.15) is 5.17 Å². The lowest BCUT2D eigenvalue weighted by Gasteiger charge is -2.17. The summed E-state index contributed by atoms with van der Waals surface area (Å²) in [5, 5.41) is 0.569. The van der Waals surface area contributed by atoms with Crippen molar-refractivity contribution in [3.63, 3.8) is 0 Å². The fraction of sp³-hybridized carbons (Fsp3) is 0.235. The van der Waals surface area contributed by atoms with E-state index in [9.17, 15) is 0 Å². The van der Waals surface area contributed by atoms with E-state index in [0.29, 0.717) is 5.17 Å². The zero-order valence-electron chi connectivity index (χ0n) is 10.8. The molecule has 2 aromatic rings. The Balaban J connectivity index is 1.99. The maximum atomic E-state index is 6.33. The molecule has 0 bridgehead atoms. The first-order chi connectivity index (χ1) is 9.34. The molecule has 0 amide bonds. The summed E-state index contributed by atoms with van der Waals surface area (Å²) >= 11 is 6.33. The number of halogens is 1. The van der Waals surface area contributed by atoms with E-state index in [4.69, 9.17) is 11.6 Å². The Hall–Kier alpha value is -1.60. The molecule has 0 aliphatic heterocycles. The molecule has 2 aromatic carbocycles. The van der Waals surface area contributed by atoms with Gasteiger partial charge >= 0.3 is 0 Å². The van der Waals surface area contributed by atoms with Crippen LogP contribution in [0.1, 0.15) is 29.5 Å². The zero-order valence-corrected chi connectivity index (χ0v) is 11.5. The third-order valence-electron chi connectivity index (χ3n) is 3.60. The number of benzene rings is 2.